The summed E-state index contributed by atoms with van der Waals surface area (Å²) in [6.45, 7) is 17.7. The summed E-state index contributed by atoms with van der Waals surface area (Å²) in [4.78, 5) is 71.3. The number of carbonyl (C=O) groups excluding carboxylic acids is 5. The molecule has 2 atom stereocenters. The summed E-state index contributed by atoms with van der Waals surface area (Å²) < 4.78 is 22.0. The predicted octanol–water partition coefficient (Wildman–Crippen LogP) is 11.2. The van der Waals surface area contributed by atoms with E-state index in [2.05, 4.69) is 70.5 Å². The molecule has 1 saturated heterocycles. The topological polar surface area (TPSA) is 129 Å². The number of esters is 2. The zero-order chi connectivity index (χ0) is 48.7. The minimum Gasteiger partial charge on any atom is -0.465 e. The first-order valence-electron chi connectivity index (χ1n) is 24.0. The molecule has 3 heterocycles. The Morgan fingerprint density at radius 3 is 1.40 bits per heavy atom. The van der Waals surface area contributed by atoms with Gasteiger partial charge in [0.15, 0.2) is 5.79 Å². The molecule has 4 aliphatic carbocycles. The molecule has 0 N–H and O–H groups in total. The number of Topliss-reactive ketones (excluding diaryl/α,β-unsaturated/α-hetero) is 1. The Bertz CT molecular complexity index is 2340. The summed E-state index contributed by atoms with van der Waals surface area (Å²) in [6.07, 6.45) is 14.4. The number of anilines is 2. The van der Waals surface area contributed by atoms with Crippen LogP contribution in [0.15, 0.2) is 35.4 Å². The van der Waals surface area contributed by atoms with Crippen LogP contribution < -0.4 is 9.80 Å². The van der Waals surface area contributed by atoms with Gasteiger partial charge in [0.1, 0.15) is 15.5 Å². The fraction of sp³-hybridized carbons (Fsp3) is 0.611. The molecule has 2 amide bonds. The van der Waals surface area contributed by atoms with Crippen molar-refractivity contribution in [1.82, 2.24) is 0 Å². The molecule has 0 bridgehead atoms. The summed E-state index contributed by atoms with van der Waals surface area (Å²) in [6, 6.07) is 3.63. The molecule has 1 aliphatic heterocycles. The second kappa shape index (κ2) is 22.3. The summed E-state index contributed by atoms with van der Waals surface area (Å²) >= 11 is 2.57. The number of allylic oxidation sites excluding steroid dienone is 4. The Labute approximate surface area is 406 Å². The van der Waals surface area contributed by atoms with Crippen LogP contribution >= 0.6 is 22.7 Å². The van der Waals surface area contributed by atoms with Crippen molar-refractivity contribution in [2.75, 3.05) is 37.2 Å². The molecule has 0 unspecified atom stereocenters. The van der Waals surface area contributed by atoms with Gasteiger partial charge < -0.3 is 28.7 Å². The van der Waals surface area contributed by atoms with Crippen LogP contribution in [0.2, 0.25) is 0 Å². The molecule has 5 aliphatic rings. The molecule has 67 heavy (non-hydrogen) atoms. The van der Waals surface area contributed by atoms with Gasteiger partial charge in [-0.3, -0.25) is 14.4 Å². The van der Waals surface area contributed by atoms with Crippen molar-refractivity contribution in [3.8, 4) is 23.7 Å². The normalized spacial score (nSPS) is 21.0. The van der Waals surface area contributed by atoms with Crippen LogP contribution in [0.3, 0.4) is 0 Å². The van der Waals surface area contributed by atoms with Crippen LogP contribution in [0.4, 0.5) is 11.4 Å². The Balaban J connectivity index is 0.000000222. The van der Waals surface area contributed by atoms with Gasteiger partial charge in [-0.2, -0.15) is 0 Å². The van der Waals surface area contributed by atoms with E-state index in [1.165, 1.54) is 48.0 Å². The minimum absolute atomic E-state index is 0.0330. The number of thiophene rings is 2. The first-order chi connectivity index (χ1) is 31.7. The Kier molecular flexibility index (Phi) is 17.2. The summed E-state index contributed by atoms with van der Waals surface area (Å²) in [5, 5.41) is 0. The summed E-state index contributed by atoms with van der Waals surface area (Å²) in [5.41, 5.74) is 3.51. The average molecular weight is 955 g/mol. The fourth-order valence-electron chi connectivity index (χ4n) is 9.25. The standard InChI is InChI=1S/C28H37NO5S.C26H33NO4S/c1-19-6-8-20(9-7-19)25(30)29(21-10-14-28(15-11-21)33-16-17-34-28)23-18-22(12-13-27(2,3)4)35-24(23)26(31)32-5;1-17-6-8-18(9-7-17)24(29)27(19-10-12-20(28)13-11-19)22-16-21(14-15-26(2,3)4)32-23(22)25(30)31-5/h6,18,20-21H,7-11,14-17H2,1-5H3;6,16,18-19H,7-13H2,1-5H3/t20-;18-/m00/s1. The van der Waals surface area contributed by atoms with Gasteiger partial charge in [-0.05, 0) is 132 Å². The number of ketones is 1. The highest BCUT2D eigenvalue weighted by Crippen LogP contribution is 2.43. The van der Waals surface area contributed by atoms with Crippen LogP contribution in [0.1, 0.15) is 174 Å². The van der Waals surface area contributed by atoms with Gasteiger partial charge in [0.25, 0.3) is 0 Å². The van der Waals surface area contributed by atoms with E-state index in [-0.39, 0.29) is 52.3 Å². The molecule has 0 aromatic carbocycles. The number of carbonyl (C=O) groups is 5. The zero-order valence-electron chi connectivity index (χ0n) is 41.3. The van der Waals surface area contributed by atoms with E-state index in [4.69, 9.17) is 18.9 Å². The quantitative estimate of drug-likeness (QED) is 0.144. The monoisotopic (exact) mass is 954 g/mol. The SMILES string of the molecule is COC(=O)c1sc(C#CC(C)(C)C)cc1N(C(=O)[C@H]1CC=C(C)CC1)C1CCC(=O)CC1.COC(=O)c1sc(C#CC(C)(C)C)cc1N(C(=O)[C@H]1CC=C(C)CC1)C1CCC2(CC1)OCCO2. The summed E-state index contributed by atoms with van der Waals surface area (Å²) in [7, 11) is 2.73. The van der Waals surface area contributed by atoms with Crippen molar-refractivity contribution in [2.24, 2.45) is 22.7 Å². The largest absolute Gasteiger partial charge is 0.465 e. The molecule has 11 nitrogen and oxygen atoms in total. The third kappa shape index (κ3) is 13.6. The second-order valence-corrected chi connectivity index (χ2v) is 22.8. The van der Waals surface area contributed by atoms with E-state index in [0.717, 1.165) is 67.5 Å². The van der Waals surface area contributed by atoms with Gasteiger partial charge in [0.2, 0.25) is 11.8 Å². The van der Waals surface area contributed by atoms with Crippen LogP contribution in [-0.4, -0.2) is 74.8 Å². The summed E-state index contributed by atoms with van der Waals surface area (Å²) in [5.74, 6) is 11.6. The molecule has 2 aromatic rings. The number of methoxy groups -OCH3 is 2. The Morgan fingerprint density at radius 2 is 1.04 bits per heavy atom. The van der Waals surface area contributed by atoms with Gasteiger partial charge in [0.05, 0.1) is 48.6 Å². The number of hydrogen-bond acceptors (Lipinski definition) is 11. The average Bonchev–Trinajstić information content (AvgIpc) is 4.05. The molecular formula is C54H70N2O9S2. The van der Waals surface area contributed by atoms with Crippen LogP contribution in [0.5, 0.6) is 0 Å². The smallest absolute Gasteiger partial charge is 0.350 e. The predicted molar refractivity (Wildman–Crippen MR) is 265 cm³/mol. The Hall–Kier alpha value is -4.53. The molecule has 2 saturated carbocycles. The van der Waals surface area contributed by atoms with Crippen molar-refractivity contribution in [1.29, 1.82) is 0 Å². The molecule has 1 spiro atoms. The molecule has 13 heteroatoms. The van der Waals surface area contributed by atoms with Crippen molar-refractivity contribution >= 4 is 63.6 Å². The van der Waals surface area contributed by atoms with E-state index in [1.54, 1.807) is 4.90 Å². The molecule has 2 aromatic heterocycles. The maximum atomic E-state index is 14.1. The second-order valence-electron chi connectivity index (χ2n) is 20.7. The van der Waals surface area contributed by atoms with Gasteiger partial charge >= 0.3 is 11.9 Å². The van der Waals surface area contributed by atoms with E-state index in [0.29, 0.717) is 66.4 Å². The van der Waals surface area contributed by atoms with Crippen LogP contribution in [0.25, 0.3) is 0 Å². The van der Waals surface area contributed by atoms with E-state index >= 15 is 0 Å². The van der Waals surface area contributed by atoms with Crippen LogP contribution in [-0.2, 0) is 33.3 Å². The van der Waals surface area contributed by atoms with Crippen LogP contribution in [0, 0.1) is 46.3 Å². The lowest BCUT2D eigenvalue weighted by Crippen LogP contribution is -2.49. The Morgan fingerprint density at radius 1 is 0.642 bits per heavy atom. The molecule has 0 radical (unpaired) electrons. The zero-order valence-corrected chi connectivity index (χ0v) is 43.0. The number of nitrogens with zero attached hydrogens (tertiary/aromatic N) is 2. The van der Waals surface area contributed by atoms with Crippen molar-refractivity contribution in [3.05, 3.63) is 54.9 Å². The number of hydrogen-bond donors (Lipinski definition) is 0. The molecule has 3 fully saturated rings. The van der Waals surface area contributed by atoms with E-state index in [9.17, 15) is 24.0 Å². The molecule has 7 rings (SSSR count). The highest BCUT2D eigenvalue weighted by Gasteiger charge is 2.45. The van der Waals surface area contributed by atoms with Gasteiger partial charge in [0, 0.05) is 60.4 Å². The number of ether oxygens (including phenoxy) is 4. The van der Waals surface area contributed by atoms with Crippen molar-refractivity contribution < 1.29 is 42.9 Å². The number of rotatable bonds is 8. The highest BCUT2D eigenvalue weighted by atomic mass is 32.1. The third-order valence-electron chi connectivity index (χ3n) is 13.0. The lowest BCUT2D eigenvalue weighted by atomic mass is 9.85. The van der Waals surface area contributed by atoms with Crippen molar-refractivity contribution in [2.45, 2.75) is 163 Å². The highest BCUT2D eigenvalue weighted by molar-refractivity contribution is 7.15. The minimum atomic E-state index is -0.515. The fourth-order valence-corrected chi connectivity index (χ4v) is 11.1. The van der Waals surface area contributed by atoms with Gasteiger partial charge in [-0.15, -0.1) is 22.7 Å². The first-order valence-corrected chi connectivity index (χ1v) is 25.6. The molecular weight excluding hydrogens is 885 g/mol. The third-order valence-corrected chi connectivity index (χ3v) is 15.1. The maximum Gasteiger partial charge on any atom is 0.350 e. The first kappa shape index (κ1) is 51.9. The lowest BCUT2D eigenvalue weighted by molar-refractivity contribution is -0.179. The number of amides is 2. The maximum absolute atomic E-state index is 14.1. The van der Waals surface area contributed by atoms with E-state index < -0.39 is 17.7 Å². The van der Waals surface area contributed by atoms with Gasteiger partial charge in [-0.25, -0.2) is 9.59 Å². The van der Waals surface area contributed by atoms with E-state index in [1.807, 2.05) is 37.8 Å². The molecule has 362 valence electrons. The lowest BCUT2D eigenvalue weighted by Gasteiger charge is -2.41. The van der Waals surface area contributed by atoms with Crippen molar-refractivity contribution in [3.63, 3.8) is 0 Å². The van der Waals surface area contributed by atoms with Gasteiger partial charge in [-0.1, -0.05) is 47.0 Å².